The van der Waals surface area contributed by atoms with Gasteiger partial charge in [-0.1, -0.05) is 0 Å². The molecule has 1 N–H and O–H groups in total. The Bertz CT molecular complexity index is 338. The lowest BCUT2D eigenvalue weighted by Crippen LogP contribution is -2.53. The van der Waals surface area contributed by atoms with Crippen LogP contribution in [0.5, 0.6) is 0 Å². The molecule has 2 rings (SSSR count). The van der Waals surface area contributed by atoms with Gasteiger partial charge < -0.3 is 14.4 Å². The van der Waals surface area contributed by atoms with E-state index >= 15 is 0 Å². The fourth-order valence-electron chi connectivity index (χ4n) is 3.05. The third-order valence-electron chi connectivity index (χ3n) is 4.60. The molecule has 1 saturated heterocycles. The molecule has 0 amide bonds. The number of methoxy groups -OCH3 is 1. The summed E-state index contributed by atoms with van der Waals surface area (Å²) in [6.07, 6.45) is 5.76. The van der Waals surface area contributed by atoms with Crippen molar-refractivity contribution < 1.29 is 14.3 Å². The molecule has 5 heteroatoms. The highest BCUT2D eigenvalue weighted by Gasteiger charge is 2.39. The molecule has 0 spiro atoms. The Morgan fingerprint density at radius 3 is 2.48 bits per heavy atom. The van der Waals surface area contributed by atoms with Crippen molar-refractivity contribution in [2.45, 2.75) is 63.6 Å². The highest BCUT2D eigenvalue weighted by Crippen LogP contribution is 2.25. The lowest BCUT2D eigenvalue weighted by atomic mass is 9.96. The van der Waals surface area contributed by atoms with Gasteiger partial charge in [0.05, 0.1) is 13.2 Å². The van der Waals surface area contributed by atoms with Gasteiger partial charge in [-0.25, -0.2) is 0 Å². The van der Waals surface area contributed by atoms with Crippen molar-refractivity contribution in [3.8, 4) is 0 Å². The van der Waals surface area contributed by atoms with Gasteiger partial charge in [0.1, 0.15) is 5.54 Å². The molecule has 122 valence electrons. The van der Waals surface area contributed by atoms with Gasteiger partial charge in [-0.3, -0.25) is 10.1 Å². The maximum absolute atomic E-state index is 12.1. The monoisotopic (exact) mass is 298 g/mol. The first-order chi connectivity index (χ1) is 10.1. The van der Waals surface area contributed by atoms with E-state index in [-0.39, 0.29) is 5.97 Å². The van der Waals surface area contributed by atoms with Crippen LogP contribution in [0, 0.1) is 0 Å². The summed E-state index contributed by atoms with van der Waals surface area (Å²) in [6.45, 7) is 7.89. The zero-order chi connectivity index (χ0) is 15.3. The normalized spacial score (nSPS) is 23.8. The molecular formula is C16H30N2O3. The summed E-state index contributed by atoms with van der Waals surface area (Å²) in [6, 6.07) is 0.498. The average molecular weight is 298 g/mol. The lowest BCUT2D eigenvalue weighted by Gasteiger charge is -2.35. The van der Waals surface area contributed by atoms with Crippen LogP contribution in [-0.4, -0.2) is 61.9 Å². The van der Waals surface area contributed by atoms with Crippen molar-refractivity contribution in [3.05, 3.63) is 0 Å². The number of nitrogens with zero attached hydrogens (tertiary/aromatic N) is 1. The number of piperidine rings is 1. The summed E-state index contributed by atoms with van der Waals surface area (Å²) in [5.41, 5.74) is -0.549. The van der Waals surface area contributed by atoms with Crippen molar-refractivity contribution >= 4 is 5.97 Å². The Morgan fingerprint density at radius 2 is 1.95 bits per heavy atom. The number of carbonyl (C=O) groups excluding carboxylic acids is 1. The van der Waals surface area contributed by atoms with E-state index in [2.05, 4.69) is 17.1 Å². The molecule has 0 aromatic rings. The van der Waals surface area contributed by atoms with Crippen LogP contribution < -0.4 is 5.32 Å². The average Bonchev–Trinajstić information content (AvgIpc) is 3.30. The van der Waals surface area contributed by atoms with Crippen LogP contribution in [0.25, 0.3) is 0 Å². The standard InChI is InChI=1S/C16H30N2O3/c1-4-21-14-7-10-18(11-8-14)12-9-16(2,15(19)20-3)17-13-5-6-13/h13-14,17H,4-12H2,1-3H3. The summed E-state index contributed by atoms with van der Waals surface area (Å²) in [7, 11) is 1.47. The molecule has 0 aromatic carbocycles. The number of esters is 1. The molecule has 1 atom stereocenters. The first-order valence-corrected chi connectivity index (χ1v) is 8.27. The van der Waals surface area contributed by atoms with E-state index in [4.69, 9.17) is 9.47 Å². The highest BCUT2D eigenvalue weighted by atomic mass is 16.5. The number of hydrogen-bond acceptors (Lipinski definition) is 5. The van der Waals surface area contributed by atoms with E-state index in [9.17, 15) is 4.79 Å². The smallest absolute Gasteiger partial charge is 0.325 e. The van der Waals surface area contributed by atoms with E-state index in [1.54, 1.807) is 0 Å². The Morgan fingerprint density at radius 1 is 1.29 bits per heavy atom. The third-order valence-corrected chi connectivity index (χ3v) is 4.60. The van der Waals surface area contributed by atoms with Gasteiger partial charge in [-0.2, -0.15) is 0 Å². The zero-order valence-corrected chi connectivity index (χ0v) is 13.7. The molecule has 21 heavy (non-hydrogen) atoms. The number of hydrogen-bond donors (Lipinski definition) is 1. The van der Waals surface area contributed by atoms with Gasteiger partial charge in [-0.05, 0) is 46.0 Å². The summed E-state index contributed by atoms with van der Waals surface area (Å²) in [4.78, 5) is 14.5. The molecule has 1 aliphatic heterocycles. The molecular weight excluding hydrogens is 268 g/mol. The summed E-state index contributed by atoms with van der Waals surface area (Å²) >= 11 is 0. The molecule has 0 aromatic heterocycles. The molecule has 2 fully saturated rings. The van der Waals surface area contributed by atoms with Crippen molar-refractivity contribution in [2.24, 2.45) is 0 Å². The van der Waals surface area contributed by atoms with Crippen LogP contribution in [0.3, 0.4) is 0 Å². The first-order valence-electron chi connectivity index (χ1n) is 8.27. The topological polar surface area (TPSA) is 50.8 Å². The zero-order valence-electron chi connectivity index (χ0n) is 13.7. The molecule has 1 saturated carbocycles. The molecule has 5 nitrogen and oxygen atoms in total. The second-order valence-corrected chi connectivity index (χ2v) is 6.49. The molecule has 0 radical (unpaired) electrons. The largest absolute Gasteiger partial charge is 0.468 e. The van der Waals surface area contributed by atoms with Crippen LogP contribution in [0.4, 0.5) is 0 Å². The van der Waals surface area contributed by atoms with Crippen molar-refractivity contribution in [3.63, 3.8) is 0 Å². The molecule has 1 heterocycles. The van der Waals surface area contributed by atoms with E-state index in [1.807, 2.05) is 6.92 Å². The maximum Gasteiger partial charge on any atom is 0.325 e. The summed E-state index contributed by atoms with van der Waals surface area (Å²) < 4.78 is 10.7. The van der Waals surface area contributed by atoms with E-state index in [0.29, 0.717) is 12.1 Å². The minimum absolute atomic E-state index is 0.140. The minimum Gasteiger partial charge on any atom is -0.468 e. The van der Waals surface area contributed by atoms with E-state index in [0.717, 1.165) is 45.5 Å². The van der Waals surface area contributed by atoms with Crippen molar-refractivity contribution in [1.29, 1.82) is 0 Å². The molecule has 0 bridgehead atoms. The number of carbonyl (C=O) groups is 1. The first kappa shape index (κ1) is 16.7. The van der Waals surface area contributed by atoms with Crippen LogP contribution in [0.2, 0.25) is 0 Å². The molecule has 1 aliphatic carbocycles. The minimum atomic E-state index is -0.549. The Labute approximate surface area is 128 Å². The SMILES string of the molecule is CCOC1CCN(CCC(C)(NC2CC2)C(=O)OC)CC1. The number of ether oxygens (including phenoxy) is 2. The van der Waals surface area contributed by atoms with Gasteiger partial charge in [0, 0.05) is 32.3 Å². The van der Waals surface area contributed by atoms with Crippen molar-refractivity contribution in [1.82, 2.24) is 10.2 Å². The van der Waals surface area contributed by atoms with Gasteiger partial charge >= 0.3 is 5.97 Å². The Kier molecular flexibility index (Phi) is 6.02. The summed E-state index contributed by atoms with van der Waals surface area (Å²) in [5.74, 6) is -0.140. The number of rotatable bonds is 8. The molecule has 2 aliphatic rings. The Balaban J connectivity index is 1.77. The molecule has 1 unspecified atom stereocenters. The number of likely N-dealkylation sites (tertiary alicyclic amines) is 1. The van der Waals surface area contributed by atoms with Crippen LogP contribution in [-0.2, 0) is 14.3 Å². The van der Waals surface area contributed by atoms with E-state index < -0.39 is 5.54 Å². The Hall–Kier alpha value is -0.650. The van der Waals surface area contributed by atoms with Gasteiger partial charge in [0.15, 0.2) is 0 Å². The highest BCUT2D eigenvalue weighted by molar-refractivity contribution is 5.80. The van der Waals surface area contributed by atoms with E-state index in [1.165, 1.54) is 20.0 Å². The lowest BCUT2D eigenvalue weighted by molar-refractivity contribution is -0.148. The predicted octanol–water partition coefficient (Wildman–Crippen LogP) is 1.56. The quantitative estimate of drug-likeness (QED) is 0.689. The fourth-order valence-corrected chi connectivity index (χ4v) is 3.05. The van der Waals surface area contributed by atoms with Gasteiger partial charge in [-0.15, -0.1) is 0 Å². The maximum atomic E-state index is 12.1. The predicted molar refractivity (Wildman–Crippen MR) is 82.3 cm³/mol. The van der Waals surface area contributed by atoms with Gasteiger partial charge in [0.25, 0.3) is 0 Å². The van der Waals surface area contributed by atoms with Crippen LogP contribution in [0.1, 0.15) is 46.0 Å². The van der Waals surface area contributed by atoms with Crippen LogP contribution in [0.15, 0.2) is 0 Å². The fraction of sp³-hybridized carbons (Fsp3) is 0.938. The second kappa shape index (κ2) is 7.56. The van der Waals surface area contributed by atoms with Crippen molar-refractivity contribution in [2.75, 3.05) is 33.4 Å². The summed E-state index contributed by atoms with van der Waals surface area (Å²) in [5, 5.41) is 3.46. The third kappa shape index (κ3) is 4.94. The van der Waals surface area contributed by atoms with Gasteiger partial charge in [0.2, 0.25) is 0 Å². The number of nitrogens with one attached hydrogen (secondary N) is 1. The van der Waals surface area contributed by atoms with Crippen LogP contribution >= 0.6 is 0 Å². The second-order valence-electron chi connectivity index (χ2n) is 6.49.